The second kappa shape index (κ2) is 14.7. The van der Waals surface area contributed by atoms with Crippen LogP contribution in [0.1, 0.15) is 44.2 Å². The second-order valence-electron chi connectivity index (χ2n) is 10.4. The molecule has 0 aliphatic carbocycles. The highest BCUT2D eigenvalue weighted by molar-refractivity contribution is 5.77. The van der Waals surface area contributed by atoms with Crippen molar-refractivity contribution in [2.45, 2.75) is 40.0 Å². The van der Waals surface area contributed by atoms with Gasteiger partial charge in [0.2, 0.25) is 0 Å². The first-order chi connectivity index (χ1) is 20.0. The molecule has 2 aromatic rings. The van der Waals surface area contributed by atoms with Crippen molar-refractivity contribution < 1.29 is 0 Å². The molecule has 41 heavy (non-hydrogen) atoms. The van der Waals surface area contributed by atoms with Crippen LogP contribution in [-0.2, 0) is 0 Å². The lowest BCUT2D eigenvalue weighted by Crippen LogP contribution is -2.16. The lowest BCUT2D eigenvalue weighted by molar-refractivity contribution is 0.823. The summed E-state index contributed by atoms with van der Waals surface area (Å²) in [6.45, 7) is 15.6. The minimum Gasteiger partial charge on any atom is -0.381 e. The van der Waals surface area contributed by atoms with Gasteiger partial charge >= 0.3 is 0 Å². The van der Waals surface area contributed by atoms with Crippen LogP contribution < -0.4 is 10.2 Å². The van der Waals surface area contributed by atoms with E-state index < -0.39 is 0 Å². The molecule has 2 heteroatoms. The van der Waals surface area contributed by atoms with E-state index in [1.165, 1.54) is 39.1 Å². The molecule has 0 fully saturated rings. The van der Waals surface area contributed by atoms with Gasteiger partial charge in [0.15, 0.2) is 0 Å². The molecule has 208 valence electrons. The number of unbranched alkanes of at least 4 members (excludes halogenated alkanes) is 1. The van der Waals surface area contributed by atoms with Crippen molar-refractivity contribution in [2.24, 2.45) is 0 Å². The van der Waals surface area contributed by atoms with Gasteiger partial charge in [-0.05, 0) is 114 Å². The minimum absolute atomic E-state index is 0.866. The number of dihydropyridines is 1. The Morgan fingerprint density at radius 3 is 2.34 bits per heavy atom. The second-order valence-corrected chi connectivity index (χ2v) is 10.4. The number of allylic oxidation sites excluding steroid dienone is 13. The molecule has 2 aromatic carbocycles. The van der Waals surface area contributed by atoms with Crippen molar-refractivity contribution in [3.63, 3.8) is 0 Å². The number of benzene rings is 2. The fraction of sp³-hybridized carbons (Fsp3) is 0.179. The predicted octanol–water partition coefficient (Wildman–Crippen LogP) is 10.3. The molecule has 2 aliphatic heterocycles. The van der Waals surface area contributed by atoms with E-state index in [-0.39, 0.29) is 0 Å². The molecule has 0 saturated carbocycles. The third-order valence-electron chi connectivity index (χ3n) is 7.21. The van der Waals surface area contributed by atoms with Gasteiger partial charge in [-0.2, -0.15) is 0 Å². The number of aryl methyl sites for hydroxylation is 1. The van der Waals surface area contributed by atoms with E-state index in [2.05, 4.69) is 129 Å². The first kappa shape index (κ1) is 29.4. The Balaban J connectivity index is 1.71. The molecule has 0 radical (unpaired) electrons. The first-order valence-corrected chi connectivity index (χ1v) is 14.5. The lowest BCUT2D eigenvalue weighted by Gasteiger charge is -2.18. The quantitative estimate of drug-likeness (QED) is 0.336. The van der Waals surface area contributed by atoms with Crippen molar-refractivity contribution in [3.8, 4) is 11.1 Å². The maximum Gasteiger partial charge on any atom is 0.0458 e. The summed E-state index contributed by atoms with van der Waals surface area (Å²) in [5.41, 5.74) is 11.6. The van der Waals surface area contributed by atoms with Crippen molar-refractivity contribution in [2.75, 3.05) is 11.4 Å². The van der Waals surface area contributed by atoms with Gasteiger partial charge in [-0.3, -0.25) is 0 Å². The molecular weight excluding hydrogens is 496 g/mol. The Morgan fingerprint density at radius 2 is 1.68 bits per heavy atom. The maximum absolute atomic E-state index is 4.09. The third kappa shape index (κ3) is 8.22. The first-order valence-electron chi connectivity index (χ1n) is 14.5. The molecule has 0 amide bonds. The fourth-order valence-corrected chi connectivity index (χ4v) is 4.87. The average molecular weight is 539 g/mol. The van der Waals surface area contributed by atoms with E-state index >= 15 is 0 Å². The molecule has 0 bridgehead atoms. The zero-order valence-corrected chi connectivity index (χ0v) is 24.7. The van der Waals surface area contributed by atoms with Crippen molar-refractivity contribution >= 4 is 11.3 Å². The topological polar surface area (TPSA) is 15.3 Å². The van der Waals surface area contributed by atoms with Crippen LogP contribution in [0.25, 0.3) is 16.7 Å². The van der Waals surface area contributed by atoms with Crippen molar-refractivity contribution in [1.82, 2.24) is 5.32 Å². The number of nitrogens with zero attached hydrogens (tertiary/aromatic N) is 1. The smallest absolute Gasteiger partial charge is 0.0458 e. The van der Waals surface area contributed by atoms with Crippen LogP contribution in [0.4, 0.5) is 5.69 Å². The summed E-state index contributed by atoms with van der Waals surface area (Å²) in [5, 5.41) is 3.52. The minimum atomic E-state index is 0.866. The Morgan fingerprint density at radius 1 is 0.927 bits per heavy atom. The Hall–Kier alpha value is -4.56. The summed E-state index contributed by atoms with van der Waals surface area (Å²) in [4.78, 5) is 2.15. The molecule has 4 rings (SSSR count). The summed E-state index contributed by atoms with van der Waals surface area (Å²) < 4.78 is 0. The van der Waals surface area contributed by atoms with Gasteiger partial charge in [0.1, 0.15) is 0 Å². The maximum atomic E-state index is 4.09. The van der Waals surface area contributed by atoms with E-state index in [0.717, 1.165) is 42.6 Å². The molecule has 0 atom stereocenters. The Labute approximate surface area is 247 Å². The summed E-state index contributed by atoms with van der Waals surface area (Å²) in [7, 11) is 0. The SMILES string of the molecule is C=C1/C=C\C=C/N(c2cc(C)cc(-c3cccc(/C(=C/C(=C\C)C4=CC=CCN4)CCCC)c3)c2)/C=C\C=C/C1=C. The molecule has 0 unspecified atom stereocenters. The predicted molar refractivity (Wildman–Crippen MR) is 180 cm³/mol. The Bertz CT molecular complexity index is 1480. The summed E-state index contributed by atoms with van der Waals surface area (Å²) in [6.07, 6.45) is 30.6. The van der Waals surface area contributed by atoms with Gasteiger partial charge in [-0.1, -0.05) is 93.3 Å². The highest BCUT2D eigenvalue weighted by Crippen LogP contribution is 2.32. The Kier molecular flexibility index (Phi) is 10.6. The highest BCUT2D eigenvalue weighted by Gasteiger charge is 2.10. The molecule has 2 aliphatic rings. The van der Waals surface area contributed by atoms with Crippen LogP contribution in [0.2, 0.25) is 0 Å². The number of hydrogen-bond acceptors (Lipinski definition) is 2. The summed E-state index contributed by atoms with van der Waals surface area (Å²) in [5.74, 6) is 0. The van der Waals surface area contributed by atoms with Gasteiger partial charge in [0.25, 0.3) is 0 Å². The summed E-state index contributed by atoms with van der Waals surface area (Å²) in [6, 6.07) is 15.7. The number of anilines is 1. The molecule has 0 spiro atoms. The molecule has 1 N–H and O–H groups in total. The van der Waals surface area contributed by atoms with Crippen LogP contribution in [0, 0.1) is 6.92 Å². The van der Waals surface area contributed by atoms with E-state index in [4.69, 9.17) is 0 Å². The third-order valence-corrected chi connectivity index (χ3v) is 7.21. The number of nitrogens with one attached hydrogen (secondary N) is 1. The molecular formula is C39H42N2. The van der Waals surface area contributed by atoms with Crippen LogP contribution in [0.3, 0.4) is 0 Å². The summed E-state index contributed by atoms with van der Waals surface area (Å²) >= 11 is 0. The van der Waals surface area contributed by atoms with Gasteiger partial charge in [0, 0.05) is 30.3 Å². The molecule has 2 heterocycles. The standard InChI is InChI=1S/C39H42N2/c1-6-8-18-34(27-33(7-2)39-21-9-12-22-40-39)35-19-15-20-36(28-35)37-25-30(3)26-38(29-37)41-23-13-10-16-31(4)32(5)17-11-14-24-41/h7,9-17,19-21,23-29,40H,4-6,8,18,22H2,1-3H3/b16-10-,17-11-,23-13-,24-14-,33-7+,34-27+. The fourth-order valence-electron chi connectivity index (χ4n) is 4.87. The monoisotopic (exact) mass is 538 g/mol. The highest BCUT2D eigenvalue weighted by atomic mass is 15.1. The molecule has 0 aromatic heterocycles. The van der Waals surface area contributed by atoms with Crippen LogP contribution in [0.15, 0.2) is 157 Å². The number of rotatable bonds is 8. The zero-order valence-electron chi connectivity index (χ0n) is 24.7. The van der Waals surface area contributed by atoms with Crippen LogP contribution in [0.5, 0.6) is 0 Å². The van der Waals surface area contributed by atoms with Crippen molar-refractivity contribution in [3.05, 3.63) is 168 Å². The van der Waals surface area contributed by atoms with Crippen molar-refractivity contribution in [1.29, 1.82) is 0 Å². The number of hydrogen-bond donors (Lipinski definition) is 1. The van der Waals surface area contributed by atoms with Crippen LogP contribution >= 0.6 is 0 Å². The molecule has 0 saturated heterocycles. The average Bonchev–Trinajstić information content (AvgIpc) is 3.03. The van der Waals surface area contributed by atoms with Gasteiger partial charge in [-0.15, -0.1) is 0 Å². The van der Waals surface area contributed by atoms with Gasteiger partial charge < -0.3 is 10.2 Å². The van der Waals surface area contributed by atoms with Crippen LogP contribution in [-0.4, -0.2) is 6.54 Å². The van der Waals surface area contributed by atoms with Gasteiger partial charge in [-0.25, -0.2) is 0 Å². The van der Waals surface area contributed by atoms with Gasteiger partial charge in [0.05, 0.1) is 0 Å². The van der Waals surface area contributed by atoms with E-state index in [1.54, 1.807) is 0 Å². The normalized spacial score (nSPS) is 19.2. The largest absolute Gasteiger partial charge is 0.381 e. The molecule has 2 nitrogen and oxygen atoms in total. The lowest BCUT2D eigenvalue weighted by atomic mass is 9.93. The van der Waals surface area contributed by atoms with E-state index in [1.807, 2.05) is 36.5 Å². The van der Waals surface area contributed by atoms with E-state index in [0.29, 0.717) is 0 Å². The van der Waals surface area contributed by atoms with E-state index in [9.17, 15) is 0 Å². The zero-order chi connectivity index (χ0) is 29.0.